The minimum absolute atomic E-state index is 0.00573. The van der Waals surface area contributed by atoms with Crippen molar-refractivity contribution in [2.24, 2.45) is 5.92 Å². The number of anilines is 1. The maximum Gasteiger partial charge on any atom is 0.257 e. The van der Waals surface area contributed by atoms with Crippen LogP contribution in [0.5, 0.6) is 5.75 Å². The topological polar surface area (TPSA) is 84.5 Å². The number of hydrogen-bond donors (Lipinski definition) is 2. The van der Waals surface area contributed by atoms with Crippen molar-refractivity contribution in [3.63, 3.8) is 0 Å². The second-order valence-corrected chi connectivity index (χ2v) is 8.74. The fourth-order valence-electron chi connectivity index (χ4n) is 2.16. The smallest absolute Gasteiger partial charge is 0.257 e. The van der Waals surface area contributed by atoms with Crippen LogP contribution in [0.1, 0.15) is 24.2 Å². The van der Waals surface area contributed by atoms with Crippen molar-refractivity contribution < 1.29 is 17.9 Å². The molecule has 1 amide bonds. The summed E-state index contributed by atoms with van der Waals surface area (Å²) in [4.78, 5) is 12.4. The van der Waals surface area contributed by atoms with E-state index in [2.05, 4.69) is 10.0 Å². The molecular formula is C18H20Cl2N2O4S. The van der Waals surface area contributed by atoms with Crippen molar-refractivity contribution in [1.29, 1.82) is 0 Å². The summed E-state index contributed by atoms with van der Waals surface area (Å²) in [5, 5.41) is 2.64. The van der Waals surface area contributed by atoms with E-state index in [1.165, 1.54) is 19.2 Å². The Balaban J connectivity index is 2.35. The first-order valence-electron chi connectivity index (χ1n) is 8.08. The van der Waals surface area contributed by atoms with E-state index < -0.39 is 15.9 Å². The van der Waals surface area contributed by atoms with Gasteiger partial charge in [0.1, 0.15) is 10.6 Å². The first-order valence-corrected chi connectivity index (χ1v) is 10.3. The van der Waals surface area contributed by atoms with Gasteiger partial charge in [0.25, 0.3) is 5.91 Å². The summed E-state index contributed by atoms with van der Waals surface area (Å²) < 4.78 is 32.6. The van der Waals surface area contributed by atoms with Gasteiger partial charge in [0.2, 0.25) is 10.0 Å². The molecule has 0 atom stereocenters. The third-order valence-corrected chi connectivity index (χ3v) is 5.77. The maximum atomic E-state index is 12.6. The third kappa shape index (κ3) is 5.59. The number of benzene rings is 2. The van der Waals surface area contributed by atoms with Gasteiger partial charge in [-0.1, -0.05) is 43.1 Å². The van der Waals surface area contributed by atoms with Crippen LogP contribution in [0.3, 0.4) is 0 Å². The molecule has 0 unspecified atom stereocenters. The van der Waals surface area contributed by atoms with E-state index in [-0.39, 0.29) is 33.0 Å². The molecule has 2 N–H and O–H groups in total. The molecule has 0 spiro atoms. The van der Waals surface area contributed by atoms with Gasteiger partial charge in [-0.25, -0.2) is 13.1 Å². The highest BCUT2D eigenvalue weighted by molar-refractivity contribution is 7.89. The van der Waals surface area contributed by atoms with Gasteiger partial charge < -0.3 is 10.1 Å². The van der Waals surface area contributed by atoms with Crippen LogP contribution in [0.25, 0.3) is 0 Å². The highest BCUT2D eigenvalue weighted by Crippen LogP contribution is 2.29. The van der Waals surface area contributed by atoms with E-state index >= 15 is 0 Å². The number of rotatable bonds is 7. The van der Waals surface area contributed by atoms with Gasteiger partial charge >= 0.3 is 0 Å². The summed E-state index contributed by atoms with van der Waals surface area (Å²) in [7, 11) is -2.37. The molecule has 9 heteroatoms. The van der Waals surface area contributed by atoms with Gasteiger partial charge in [0, 0.05) is 18.3 Å². The minimum Gasteiger partial charge on any atom is -0.497 e. The predicted molar refractivity (Wildman–Crippen MR) is 107 cm³/mol. The fraction of sp³-hybridized carbons (Fsp3) is 0.278. The van der Waals surface area contributed by atoms with Gasteiger partial charge in [-0.05, 0) is 30.2 Å². The monoisotopic (exact) mass is 430 g/mol. The lowest BCUT2D eigenvalue weighted by Gasteiger charge is -2.13. The number of halogens is 2. The molecule has 0 bridgehead atoms. The fourth-order valence-corrected chi connectivity index (χ4v) is 4.23. The van der Waals surface area contributed by atoms with Crippen LogP contribution in [-0.4, -0.2) is 28.0 Å². The Kier molecular flexibility index (Phi) is 7.11. The van der Waals surface area contributed by atoms with E-state index in [1.807, 2.05) is 13.8 Å². The molecule has 27 heavy (non-hydrogen) atoms. The van der Waals surface area contributed by atoms with E-state index in [9.17, 15) is 13.2 Å². The Labute approximate surface area is 168 Å². The summed E-state index contributed by atoms with van der Waals surface area (Å²) in [6.45, 7) is 3.99. The molecule has 0 fully saturated rings. The van der Waals surface area contributed by atoms with Crippen molar-refractivity contribution >= 4 is 44.8 Å². The Bertz CT molecular complexity index is 946. The molecule has 2 aromatic rings. The van der Waals surface area contributed by atoms with Gasteiger partial charge in [0.15, 0.2) is 0 Å². The molecule has 0 aliphatic rings. The maximum absolute atomic E-state index is 12.6. The Morgan fingerprint density at radius 2 is 1.85 bits per heavy atom. The molecule has 0 aromatic heterocycles. The molecule has 6 nitrogen and oxygen atoms in total. The molecule has 0 saturated heterocycles. The van der Waals surface area contributed by atoms with Crippen LogP contribution in [0, 0.1) is 5.92 Å². The summed E-state index contributed by atoms with van der Waals surface area (Å²) in [5.74, 6) is 0.114. The number of methoxy groups -OCH3 is 1. The van der Waals surface area contributed by atoms with Crippen LogP contribution < -0.4 is 14.8 Å². The number of carbonyl (C=O) groups excluding carboxylic acids is 1. The van der Waals surface area contributed by atoms with Crippen molar-refractivity contribution in [2.75, 3.05) is 19.0 Å². The zero-order chi connectivity index (χ0) is 20.2. The first kappa shape index (κ1) is 21.5. The molecule has 0 aliphatic heterocycles. The molecule has 0 aliphatic carbocycles. The Morgan fingerprint density at radius 3 is 2.48 bits per heavy atom. The number of amides is 1. The zero-order valence-corrected chi connectivity index (χ0v) is 17.4. The van der Waals surface area contributed by atoms with Crippen molar-refractivity contribution in [1.82, 2.24) is 4.72 Å². The van der Waals surface area contributed by atoms with E-state index in [4.69, 9.17) is 27.9 Å². The lowest BCUT2D eigenvalue weighted by molar-refractivity contribution is 0.102. The predicted octanol–water partition coefficient (Wildman–Crippen LogP) is 4.19. The average molecular weight is 431 g/mol. The number of sulfonamides is 1. The van der Waals surface area contributed by atoms with Crippen molar-refractivity contribution in [3.8, 4) is 5.75 Å². The lowest BCUT2D eigenvalue weighted by Crippen LogP contribution is -2.28. The normalized spacial score (nSPS) is 11.5. The van der Waals surface area contributed by atoms with E-state index in [0.29, 0.717) is 11.4 Å². The summed E-state index contributed by atoms with van der Waals surface area (Å²) >= 11 is 12.2. The molecule has 146 valence electrons. The second kappa shape index (κ2) is 8.93. The SMILES string of the molecule is COc1cccc(NC(=O)c2cc(S(=O)(=O)NCC(C)C)c(Cl)cc2Cl)c1. The minimum atomic E-state index is -3.88. The third-order valence-electron chi connectivity index (χ3n) is 3.56. The molecule has 0 heterocycles. The van der Waals surface area contributed by atoms with Crippen LogP contribution in [0.4, 0.5) is 5.69 Å². The summed E-state index contributed by atoms with van der Waals surface area (Å²) in [6.07, 6.45) is 0. The number of ether oxygens (including phenoxy) is 1. The van der Waals surface area contributed by atoms with E-state index in [0.717, 1.165) is 0 Å². The van der Waals surface area contributed by atoms with Crippen molar-refractivity contribution in [2.45, 2.75) is 18.7 Å². The average Bonchev–Trinajstić information content (AvgIpc) is 2.60. The van der Waals surface area contributed by atoms with Gasteiger partial charge in [-0.3, -0.25) is 4.79 Å². The highest BCUT2D eigenvalue weighted by Gasteiger charge is 2.23. The molecule has 0 saturated carbocycles. The van der Waals surface area contributed by atoms with Gasteiger partial charge in [-0.2, -0.15) is 0 Å². The highest BCUT2D eigenvalue weighted by atomic mass is 35.5. The standard InChI is InChI=1S/C18H20Cl2N2O4S/c1-11(2)10-21-27(24,25)17-8-14(15(19)9-16(17)20)18(23)22-12-5-4-6-13(7-12)26-3/h4-9,11,21H,10H2,1-3H3,(H,22,23). The van der Waals surface area contributed by atoms with Gasteiger partial charge in [-0.15, -0.1) is 0 Å². The Morgan fingerprint density at radius 1 is 1.15 bits per heavy atom. The molecule has 0 radical (unpaired) electrons. The summed E-state index contributed by atoms with van der Waals surface area (Å²) in [5.41, 5.74) is 0.474. The van der Waals surface area contributed by atoms with Gasteiger partial charge in [0.05, 0.1) is 22.7 Å². The lowest BCUT2D eigenvalue weighted by atomic mass is 10.2. The molecule has 2 rings (SSSR count). The summed E-state index contributed by atoms with van der Waals surface area (Å²) in [6, 6.07) is 9.16. The largest absolute Gasteiger partial charge is 0.497 e. The zero-order valence-electron chi connectivity index (χ0n) is 15.0. The van der Waals surface area contributed by atoms with Crippen LogP contribution >= 0.6 is 23.2 Å². The number of nitrogens with one attached hydrogen (secondary N) is 2. The number of hydrogen-bond acceptors (Lipinski definition) is 4. The quantitative estimate of drug-likeness (QED) is 0.689. The Hall–Kier alpha value is -1.80. The number of carbonyl (C=O) groups is 1. The van der Waals surface area contributed by atoms with Crippen LogP contribution in [0.15, 0.2) is 41.3 Å². The van der Waals surface area contributed by atoms with Crippen LogP contribution in [-0.2, 0) is 10.0 Å². The molecular weight excluding hydrogens is 411 g/mol. The van der Waals surface area contributed by atoms with Crippen LogP contribution in [0.2, 0.25) is 10.0 Å². The first-order chi connectivity index (χ1) is 12.6. The molecule has 2 aromatic carbocycles. The second-order valence-electron chi connectivity index (χ2n) is 6.19. The van der Waals surface area contributed by atoms with Crippen molar-refractivity contribution in [3.05, 3.63) is 52.0 Å². The van der Waals surface area contributed by atoms with E-state index in [1.54, 1.807) is 24.3 Å².